The minimum atomic E-state index is 0.182. The van der Waals surface area contributed by atoms with Crippen molar-refractivity contribution >= 4 is 38.9 Å². The molecule has 1 atom stereocenters. The van der Waals surface area contributed by atoms with Gasteiger partial charge in [-0.15, -0.1) is 0 Å². The summed E-state index contributed by atoms with van der Waals surface area (Å²) in [5, 5.41) is 0.699. The van der Waals surface area contributed by atoms with Gasteiger partial charge in [-0.2, -0.15) is 0 Å². The molecular weight excluding hydrogens is 348 g/mol. The van der Waals surface area contributed by atoms with Gasteiger partial charge in [-0.1, -0.05) is 51.8 Å². The van der Waals surface area contributed by atoms with Gasteiger partial charge in [0.05, 0.1) is 0 Å². The highest BCUT2D eigenvalue weighted by Crippen LogP contribution is 2.37. The Bertz CT molecular complexity index is 721. The summed E-state index contributed by atoms with van der Waals surface area (Å²) in [6, 6.07) is 15.9. The lowest BCUT2D eigenvalue weighted by molar-refractivity contribution is -0.115. The zero-order valence-corrected chi connectivity index (χ0v) is 13.7. The lowest BCUT2D eigenvalue weighted by Crippen LogP contribution is -2.12. The highest BCUT2D eigenvalue weighted by Gasteiger charge is 2.23. The van der Waals surface area contributed by atoms with Gasteiger partial charge in [0.2, 0.25) is 0 Å². The van der Waals surface area contributed by atoms with Gasteiger partial charge in [0.25, 0.3) is 0 Å². The zero-order chi connectivity index (χ0) is 14.8. The van der Waals surface area contributed by atoms with E-state index in [2.05, 4.69) is 28.1 Å². The van der Waals surface area contributed by atoms with Gasteiger partial charge in [-0.05, 0) is 59.4 Å². The van der Waals surface area contributed by atoms with Crippen molar-refractivity contribution in [1.82, 2.24) is 0 Å². The molecular formula is C18H14BrClO. The summed E-state index contributed by atoms with van der Waals surface area (Å²) in [7, 11) is 0. The lowest BCUT2D eigenvalue weighted by atomic mass is 9.81. The molecule has 0 aromatic heterocycles. The summed E-state index contributed by atoms with van der Waals surface area (Å²) < 4.78 is 1.05. The largest absolute Gasteiger partial charge is 0.295 e. The van der Waals surface area contributed by atoms with Crippen LogP contribution >= 0.6 is 27.5 Å². The molecule has 2 aromatic carbocycles. The molecule has 3 rings (SSSR count). The van der Waals surface area contributed by atoms with Crippen LogP contribution < -0.4 is 0 Å². The van der Waals surface area contributed by atoms with Crippen LogP contribution in [0, 0.1) is 0 Å². The second kappa shape index (κ2) is 6.17. The topological polar surface area (TPSA) is 17.1 Å². The van der Waals surface area contributed by atoms with Gasteiger partial charge in [-0.25, -0.2) is 0 Å². The highest BCUT2D eigenvalue weighted by molar-refractivity contribution is 9.10. The average Bonchev–Trinajstić information content (AvgIpc) is 2.46. The number of allylic oxidation sites excluding steroid dienone is 2. The summed E-state index contributed by atoms with van der Waals surface area (Å²) in [5.74, 6) is 0.412. The Morgan fingerprint density at radius 3 is 2.62 bits per heavy atom. The highest BCUT2D eigenvalue weighted by atomic mass is 79.9. The number of carbonyl (C=O) groups excluding carboxylic acids is 1. The maximum absolute atomic E-state index is 12.1. The number of rotatable bonds is 2. The van der Waals surface area contributed by atoms with Gasteiger partial charge in [0.15, 0.2) is 5.78 Å². The third-order valence-corrected chi connectivity index (χ3v) is 4.49. The Kier molecular flexibility index (Phi) is 4.27. The van der Waals surface area contributed by atoms with E-state index in [0.717, 1.165) is 22.0 Å². The monoisotopic (exact) mass is 360 g/mol. The Morgan fingerprint density at radius 1 is 1.05 bits per heavy atom. The van der Waals surface area contributed by atoms with E-state index in [-0.39, 0.29) is 11.7 Å². The van der Waals surface area contributed by atoms with Crippen LogP contribution in [0.4, 0.5) is 0 Å². The molecule has 0 N–H and O–H groups in total. The van der Waals surface area contributed by atoms with Gasteiger partial charge in [0, 0.05) is 15.9 Å². The van der Waals surface area contributed by atoms with Crippen molar-refractivity contribution in [3.63, 3.8) is 0 Å². The van der Waals surface area contributed by atoms with Crippen molar-refractivity contribution in [2.45, 2.75) is 18.8 Å². The van der Waals surface area contributed by atoms with E-state index in [1.807, 2.05) is 36.4 Å². The maximum atomic E-state index is 12.1. The van der Waals surface area contributed by atoms with E-state index in [1.54, 1.807) is 6.08 Å². The van der Waals surface area contributed by atoms with Crippen molar-refractivity contribution < 1.29 is 4.79 Å². The molecule has 0 bridgehead atoms. The Morgan fingerprint density at radius 2 is 1.86 bits per heavy atom. The lowest BCUT2D eigenvalue weighted by Gasteiger charge is -2.23. The minimum absolute atomic E-state index is 0.182. The van der Waals surface area contributed by atoms with Crippen LogP contribution in [0.3, 0.4) is 0 Å². The van der Waals surface area contributed by atoms with Crippen LogP contribution in [-0.2, 0) is 4.79 Å². The Hall–Kier alpha value is -1.38. The van der Waals surface area contributed by atoms with E-state index in [1.165, 1.54) is 5.56 Å². The molecule has 0 fully saturated rings. The molecule has 0 aliphatic heterocycles. The van der Waals surface area contributed by atoms with Gasteiger partial charge >= 0.3 is 0 Å². The molecule has 1 nitrogen and oxygen atoms in total. The SMILES string of the molecule is O=C1C=C(c2cccc(Cl)c2)CC(c2cccc(Br)c2)C1. The van der Waals surface area contributed by atoms with Crippen LogP contribution in [0.25, 0.3) is 5.57 Å². The van der Waals surface area contributed by atoms with E-state index in [0.29, 0.717) is 11.4 Å². The first-order chi connectivity index (χ1) is 10.1. The summed E-state index contributed by atoms with van der Waals surface area (Å²) in [6.07, 6.45) is 3.20. The number of ketones is 1. The predicted octanol–water partition coefficient (Wildman–Crippen LogP) is 5.63. The molecule has 1 aliphatic carbocycles. The molecule has 0 spiro atoms. The van der Waals surface area contributed by atoms with Crippen molar-refractivity contribution in [1.29, 1.82) is 0 Å². The van der Waals surface area contributed by atoms with E-state index in [9.17, 15) is 4.79 Å². The van der Waals surface area contributed by atoms with Crippen molar-refractivity contribution in [3.8, 4) is 0 Å². The molecule has 21 heavy (non-hydrogen) atoms. The molecule has 106 valence electrons. The minimum Gasteiger partial charge on any atom is -0.295 e. The molecule has 0 amide bonds. The normalized spacial score (nSPS) is 18.5. The number of carbonyl (C=O) groups is 1. The van der Waals surface area contributed by atoms with Crippen molar-refractivity contribution in [3.05, 3.63) is 75.2 Å². The third-order valence-electron chi connectivity index (χ3n) is 3.76. The summed E-state index contributed by atoms with van der Waals surface area (Å²) in [6.45, 7) is 0. The summed E-state index contributed by atoms with van der Waals surface area (Å²) in [5.41, 5.74) is 3.31. The third kappa shape index (κ3) is 3.45. The maximum Gasteiger partial charge on any atom is 0.156 e. The fourth-order valence-electron chi connectivity index (χ4n) is 2.78. The quantitative estimate of drug-likeness (QED) is 0.677. The molecule has 3 heteroatoms. The summed E-state index contributed by atoms with van der Waals surface area (Å²) in [4.78, 5) is 12.1. The van der Waals surface area contributed by atoms with Gasteiger partial charge in [0.1, 0.15) is 0 Å². The zero-order valence-electron chi connectivity index (χ0n) is 11.4. The van der Waals surface area contributed by atoms with Crippen LogP contribution in [0.2, 0.25) is 5.02 Å². The first kappa shape index (κ1) is 14.6. The Labute approximate surface area is 137 Å². The first-order valence-electron chi connectivity index (χ1n) is 6.86. The fourth-order valence-corrected chi connectivity index (χ4v) is 3.39. The van der Waals surface area contributed by atoms with E-state index >= 15 is 0 Å². The van der Waals surface area contributed by atoms with Gasteiger partial charge < -0.3 is 0 Å². The predicted molar refractivity (Wildman–Crippen MR) is 90.6 cm³/mol. The molecule has 0 saturated heterocycles. The number of hydrogen-bond donors (Lipinski definition) is 0. The van der Waals surface area contributed by atoms with Crippen molar-refractivity contribution in [2.24, 2.45) is 0 Å². The standard InChI is InChI=1S/C18H14BrClO/c19-16-5-1-3-12(8-16)14-7-15(11-18(21)10-14)13-4-2-6-17(20)9-13/h1-6,8-9,11,14H,7,10H2. The molecule has 1 unspecified atom stereocenters. The number of hydrogen-bond acceptors (Lipinski definition) is 1. The molecule has 0 saturated carbocycles. The average molecular weight is 362 g/mol. The molecule has 2 aromatic rings. The van der Waals surface area contributed by atoms with Crippen LogP contribution in [-0.4, -0.2) is 5.78 Å². The Balaban J connectivity index is 1.92. The number of benzene rings is 2. The molecule has 0 heterocycles. The second-order valence-corrected chi connectivity index (χ2v) is 6.66. The first-order valence-corrected chi connectivity index (χ1v) is 8.04. The molecule has 0 radical (unpaired) electrons. The van der Waals surface area contributed by atoms with Crippen LogP contribution in [0.5, 0.6) is 0 Å². The van der Waals surface area contributed by atoms with E-state index < -0.39 is 0 Å². The van der Waals surface area contributed by atoms with E-state index in [4.69, 9.17) is 11.6 Å². The number of halogens is 2. The van der Waals surface area contributed by atoms with Gasteiger partial charge in [-0.3, -0.25) is 4.79 Å². The molecule has 1 aliphatic rings. The van der Waals surface area contributed by atoms with Crippen LogP contribution in [0.15, 0.2) is 59.1 Å². The van der Waals surface area contributed by atoms with Crippen LogP contribution in [0.1, 0.15) is 29.9 Å². The summed E-state index contributed by atoms with van der Waals surface area (Å²) >= 11 is 9.55. The fraction of sp³-hybridized carbons (Fsp3) is 0.167. The van der Waals surface area contributed by atoms with Crippen molar-refractivity contribution in [2.75, 3.05) is 0 Å². The smallest absolute Gasteiger partial charge is 0.156 e. The second-order valence-electron chi connectivity index (χ2n) is 5.31.